The molecule has 0 aliphatic heterocycles. The minimum Gasteiger partial charge on any atom is -0.504 e. The van der Waals surface area contributed by atoms with Crippen molar-refractivity contribution in [2.75, 3.05) is 12.3 Å². The SMILES string of the molecule is CCOc1cc(-c2c(C)c(-c3cnn(C)c3)nc(N)c2C#N)ccc1O. The number of nitriles is 1. The molecule has 0 aliphatic rings. The second kappa shape index (κ2) is 6.76. The van der Waals surface area contributed by atoms with Gasteiger partial charge in [-0.15, -0.1) is 0 Å². The number of nitrogens with two attached hydrogens (primary N) is 1. The van der Waals surface area contributed by atoms with Gasteiger partial charge < -0.3 is 15.6 Å². The van der Waals surface area contributed by atoms with E-state index in [1.807, 2.05) is 27.1 Å². The first-order valence-electron chi connectivity index (χ1n) is 8.11. The van der Waals surface area contributed by atoms with E-state index in [-0.39, 0.29) is 11.6 Å². The smallest absolute Gasteiger partial charge is 0.161 e. The minimum absolute atomic E-state index is 0.0428. The summed E-state index contributed by atoms with van der Waals surface area (Å²) in [6.45, 7) is 4.14. The molecule has 132 valence electrons. The van der Waals surface area contributed by atoms with Gasteiger partial charge in [-0.25, -0.2) is 4.98 Å². The van der Waals surface area contributed by atoms with Crippen LogP contribution in [0, 0.1) is 18.3 Å². The average Bonchev–Trinajstić information content (AvgIpc) is 3.04. The van der Waals surface area contributed by atoms with E-state index in [0.717, 1.165) is 16.7 Å². The Balaban J connectivity index is 2.28. The summed E-state index contributed by atoms with van der Waals surface area (Å²) in [7, 11) is 1.82. The van der Waals surface area contributed by atoms with E-state index < -0.39 is 0 Å². The maximum atomic E-state index is 9.96. The lowest BCUT2D eigenvalue weighted by Gasteiger charge is -2.15. The van der Waals surface area contributed by atoms with Gasteiger partial charge in [0.2, 0.25) is 0 Å². The van der Waals surface area contributed by atoms with Crippen LogP contribution in [0.1, 0.15) is 18.1 Å². The summed E-state index contributed by atoms with van der Waals surface area (Å²) in [5.74, 6) is 0.547. The molecular formula is C19H19N5O2. The van der Waals surface area contributed by atoms with Crippen LogP contribution < -0.4 is 10.5 Å². The number of benzene rings is 1. The first-order valence-corrected chi connectivity index (χ1v) is 8.11. The molecule has 26 heavy (non-hydrogen) atoms. The number of phenols is 1. The number of anilines is 1. The first kappa shape index (κ1) is 17.3. The molecule has 1 aromatic carbocycles. The molecule has 0 fully saturated rings. The van der Waals surface area contributed by atoms with E-state index in [0.29, 0.717) is 29.2 Å². The number of nitrogens with zero attached hydrogens (tertiary/aromatic N) is 4. The third-order valence-corrected chi connectivity index (χ3v) is 4.11. The Morgan fingerprint density at radius 3 is 2.73 bits per heavy atom. The molecule has 0 radical (unpaired) electrons. The molecule has 0 saturated heterocycles. The number of phenolic OH excluding ortho intramolecular Hbond substituents is 1. The number of ether oxygens (including phenoxy) is 1. The van der Waals surface area contributed by atoms with Gasteiger partial charge in [-0.05, 0) is 37.1 Å². The molecule has 3 rings (SSSR count). The lowest BCUT2D eigenvalue weighted by Crippen LogP contribution is -2.03. The van der Waals surface area contributed by atoms with Crippen LogP contribution in [-0.2, 0) is 7.05 Å². The van der Waals surface area contributed by atoms with Crippen molar-refractivity contribution in [1.82, 2.24) is 14.8 Å². The van der Waals surface area contributed by atoms with Gasteiger partial charge in [-0.3, -0.25) is 4.68 Å². The second-order valence-electron chi connectivity index (χ2n) is 5.85. The largest absolute Gasteiger partial charge is 0.504 e. The lowest BCUT2D eigenvalue weighted by atomic mass is 9.93. The van der Waals surface area contributed by atoms with Crippen molar-refractivity contribution in [3.8, 4) is 40.0 Å². The summed E-state index contributed by atoms with van der Waals surface area (Å²) in [5, 5.41) is 23.7. The van der Waals surface area contributed by atoms with E-state index in [1.165, 1.54) is 0 Å². The van der Waals surface area contributed by atoms with E-state index in [4.69, 9.17) is 10.5 Å². The summed E-state index contributed by atoms with van der Waals surface area (Å²) < 4.78 is 7.15. The van der Waals surface area contributed by atoms with Gasteiger partial charge in [0.05, 0.1) is 18.5 Å². The molecule has 7 heteroatoms. The number of hydrogen-bond acceptors (Lipinski definition) is 6. The number of aromatic nitrogens is 3. The molecule has 3 N–H and O–H groups in total. The molecule has 2 heterocycles. The Hall–Kier alpha value is -3.53. The predicted molar refractivity (Wildman–Crippen MR) is 98.6 cm³/mol. The number of aryl methyl sites for hydroxylation is 1. The standard InChI is InChI=1S/C19H19N5O2/c1-4-26-16-7-12(5-6-15(16)25)17-11(2)18(13-9-22-24(3)10-13)23-19(21)14(17)8-20/h5-7,9-10,25H,4H2,1-3H3,(H2,21,23). The van der Waals surface area contributed by atoms with Gasteiger partial charge in [0.25, 0.3) is 0 Å². The zero-order valence-electron chi connectivity index (χ0n) is 14.8. The number of aromatic hydroxyl groups is 1. The van der Waals surface area contributed by atoms with Gasteiger partial charge >= 0.3 is 0 Å². The molecule has 0 spiro atoms. The molecule has 0 aliphatic carbocycles. The third kappa shape index (κ3) is 2.93. The summed E-state index contributed by atoms with van der Waals surface area (Å²) >= 11 is 0. The van der Waals surface area contributed by atoms with Crippen LogP contribution in [0.4, 0.5) is 5.82 Å². The van der Waals surface area contributed by atoms with E-state index in [2.05, 4.69) is 16.2 Å². The molecule has 0 saturated carbocycles. The second-order valence-corrected chi connectivity index (χ2v) is 5.85. The number of nitrogen functional groups attached to an aromatic ring is 1. The molecule has 0 bridgehead atoms. The summed E-state index contributed by atoms with van der Waals surface area (Å²) in [6.07, 6.45) is 3.54. The van der Waals surface area contributed by atoms with Crippen molar-refractivity contribution in [2.24, 2.45) is 7.05 Å². The summed E-state index contributed by atoms with van der Waals surface area (Å²) in [5.41, 5.74) is 10.0. The zero-order valence-corrected chi connectivity index (χ0v) is 14.8. The van der Waals surface area contributed by atoms with Gasteiger partial charge in [0.15, 0.2) is 11.5 Å². The van der Waals surface area contributed by atoms with Crippen LogP contribution in [0.25, 0.3) is 22.4 Å². The van der Waals surface area contributed by atoms with Crippen molar-refractivity contribution in [2.45, 2.75) is 13.8 Å². The van der Waals surface area contributed by atoms with Crippen molar-refractivity contribution in [3.63, 3.8) is 0 Å². The monoisotopic (exact) mass is 349 g/mol. The van der Waals surface area contributed by atoms with Crippen LogP contribution >= 0.6 is 0 Å². The van der Waals surface area contributed by atoms with Gasteiger partial charge in [-0.2, -0.15) is 10.4 Å². The quantitative estimate of drug-likeness (QED) is 0.749. The van der Waals surface area contributed by atoms with Gasteiger partial charge in [0, 0.05) is 24.4 Å². The molecule has 0 unspecified atom stereocenters. The number of hydrogen-bond donors (Lipinski definition) is 2. The summed E-state index contributed by atoms with van der Waals surface area (Å²) in [4.78, 5) is 4.41. The van der Waals surface area contributed by atoms with Crippen molar-refractivity contribution in [1.29, 1.82) is 5.26 Å². The Kier molecular flexibility index (Phi) is 4.50. The van der Waals surface area contributed by atoms with Crippen LogP contribution in [0.3, 0.4) is 0 Å². The van der Waals surface area contributed by atoms with Gasteiger partial charge in [0.1, 0.15) is 17.5 Å². The predicted octanol–water partition coefficient (Wildman–Crippen LogP) is 3.02. The lowest BCUT2D eigenvalue weighted by molar-refractivity contribution is 0.318. The molecule has 0 amide bonds. The normalized spacial score (nSPS) is 10.5. The van der Waals surface area contributed by atoms with Gasteiger partial charge in [-0.1, -0.05) is 6.07 Å². The fourth-order valence-corrected chi connectivity index (χ4v) is 2.93. The highest BCUT2D eigenvalue weighted by molar-refractivity contribution is 5.84. The maximum absolute atomic E-state index is 9.96. The van der Waals surface area contributed by atoms with Crippen LogP contribution in [0.15, 0.2) is 30.6 Å². The Morgan fingerprint density at radius 2 is 2.12 bits per heavy atom. The number of pyridine rings is 1. The summed E-state index contributed by atoms with van der Waals surface area (Å²) in [6, 6.07) is 7.12. The average molecular weight is 349 g/mol. The van der Waals surface area contributed by atoms with Crippen LogP contribution in [0.2, 0.25) is 0 Å². The van der Waals surface area contributed by atoms with Crippen LogP contribution in [-0.4, -0.2) is 26.5 Å². The first-order chi connectivity index (χ1) is 12.5. The molecule has 0 atom stereocenters. The Morgan fingerprint density at radius 1 is 1.35 bits per heavy atom. The van der Waals surface area contributed by atoms with E-state index in [9.17, 15) is 10.4 Å². The van der Waals surface area contributed by atoms with Crippen molar-refractivity contribution in [3.05, 3.63) is 41.7 Å². The third-order valence-electron chi connectivity index (χ3n) is 4.11. The van der Waals surface area contributed by atoms with Crippen molar-refractivity contribution < 1.29 is 9.84 Å². The highest BCUT2D eigenvalue weighted by Gasteiger charge is 2.20. The van der Waals surface area contributed by atoms with E-state index >= 15 is 0 Å². The minimum atomic E-state index is 0.0428. The van der Waals surface area contributed by atoms with Crippen molar-refractivity contribution >= 4 is 5.82 Å². The highest BCUT2D eigenvalue weighted by Crippen LogP contribution is 2.39. The molecule has 3 aromatic rings. The zero-order chi connectivity index (χ0) is 18.8. The fraction of sp³-hybridized carbons (Fsp3) is 0.211. The van der Waals surface area contributed by atoms with E-state index in [1.54, 1.807) is 29.1 Å². The molecule has 7 nitrogen and oxygen atoms in total. The number of rotatable bonds is 4. The Bertz CT molecular complexity index is 1020. The fourth-order valence-electron chi connectivity index (χ4n) is 2.93. The Labute approximate surface area is 151 Å². The topological polar surface area (TPSA) is 110 Å². The molecular weight excluding hydrogens is 330 g/mol. The maximum Gasteiger partial charge on any atom is 0.161 e. The highest BCUT2D eigenvalue weighted by atomic mass is 16.5. The molecule has 2 aromatic heterocycles. The van der Waals surface area contributed by atoms with Crippen LogP contribution in [0.5, 0.6) is 11.5 Å².